The summed E-state index contributed by atoms with van der Waals surface area (Å²) in [6.07, 6.45) is 1.37. The van der Waals surface area contributed by atoms with Crippen molar-refractivity contribution >= 4 is 19.4 Å². The molecule has 1 aromatic rings. The van der Waals surface area contributed by atoms with Crippen molar-refractivity contribution in [2.24, 2.45) is 5.92 Å². The molecule has 0 spiro atoms. The van der Waals surface area contributed by atoms with Gasteiger partial charge in [-0.1, -0.05) is 0 Å². The number of hydrogen-bond donors (Lipinski definition) is 0. The fourth-order valence-electron chi connectivity index (χ4n) is 0.929. The third-order valence-corrected chi connectivity index (χ3v) is 3.90. The summed E-state index contributed by atoms with van der Waals surface area (Å²) in [5, 5.41) is 1.38. The number of benzene rings is 1. The fraction of sp³-hybridized carbons (Fsp3) is 0.455. The maximum absolute atomic E-state index is 2.29. The summed E-state index contributed by atoms with van der Waals surface area (Å²) in [6, 6.07) is 10.8. The molecule has 0 N–H and O–H groups in total. The molecular formula is C11H16Se. The van der Waals surface area contributed by atoms with E-state index in [1.165, 1.54) is 16.2 Å². The Bertz CT molecular complexity index is 204. The zero-order chi connectivity index (χ0) is 8.81. The molecule has 0 saturated carbocycles. The molecule has 12 heavy (non-hydrogen) atoms. The van der Waals surface area contributed by atoms with Crippen LogP contribution in [0.1, 0.15) is 20.3 Å². The minimum atomic E-state index is 0.700. The average Bonchev–Trinajstić information content (AvgIpc) is 2.05. The van der Waals surface area contributed by atoms with Crippen molar-refractivity contribution in [1.82, 2.24) is 0 Å². The normalized spacial score (nSPS) is 10.6. The molecule has 0 amide bonds. The summed E-state index contributed by atoms with van der Waals surface area (Å²) in [5.41, 5.74) is 0. The van der Waals surface area contributed by atoms with Gasteiger partial charge in [-0.05, 0) is 0 Å². The van der Waals surface area contributed by atoms with Crippen LogP contribution in [0.5, 0.6) is 0 Å². The topological polar surface area (TPSA) is 0 Å². The Kier molecular flexibility index (Phi) is 4.42. The van der Waals surface area contributed by atoms with Crippen LogP contribution in [0.3, 0.4) is 0 Å². The van der Waals surface area contributed by atoms with Gasteiger partial charge in [-0.25, -0.2) is 0 Å². The third-order valence-electron chi connectivity index (χ3n) is 1.71. The summed E-state index contributed by atoms with van der Waals surface area (Å²) in [7, 11) is 0. The van der Waals surface area contributed by atoms with Gasteiger partial charge in [-0.2, -0.15) is 0 Å². The minimum absolute atomic E-state index is 0.700. The third kappa shape index (κ3) is 3.94. The number of hydrogen-bond acceptors (Lipinski definition) is 0. The first kappa shape index (κ1) is 9.82. The average molecular weight is 227 g/mol. The van der Waals surface area contributed by atoms with Crippen LogP contribution in [0.15, 0.2) is 30.3 Å². The van der Waals surface area contributed by atoms with Crippen LogP contribution in [0.25, 0.3) is 0 Å². The predicted octanol–water partition coefficient (Wildman–Crippen LogP) is 2.48. The van der Waals surface area contributed by atoms with Crippen LogP contribution >= 0.6 is 0 Å². The summed E-state index contributed by atoms with van der Waals surface area (Å²) in [6.45, 7) is 4.59. The molecule has 0 atom stereocenters. The van der Waals surface area contributed by atoms with Gasteiger partial charge in [0.05, 0.1) is 0 Å². The van der Waals surface area contributed by atoms with Gasteiger partial charge in [-0.3, -0.25) is 0 Å². The van der Waals surface area contributed by atoms with Crippen LogP contribution in [-0.4, -0.2) is 15.0 Å². The molecule has 0 fully saturated rings. The summed E-state index contributed by atoms with van der Waals surface area (Å²) < 4.78 is 1.53. The molecule has 0 unspecified atom stereocenters. The van der Waals surface area contributed by atoms with Gasteiger partial charge in [0.2, 0.25) is 0 Å². The van der Waals surface area contributed by atoms with Gasteiger partial charge < -0.3 is 0 Å². The van der Waals surface area contributed by atoms with E-state index in [0.29, 0.717) is 15.0 Å². The van der Waals surface area contributed by atoms with E-state index in [9.17, 15) is 0 Å². The van der Waals surface area contributed by atoms with E-state index in [4.69, 9.17) is 0 Å². The van der Waals surface area contributed by atoms with E-state index in [1.54, 1.807) is 0 Å². The van der Waals surface area contributed by atoms with Gasteiger partial charge in [0.1, 0.15) is 0 Å². The van der Waals surface area contributed by atoms with E-state index < -0.39 is 0 Å². The first-order chi connectivity index (χ1) is 5.79. The summed E-state index contributed by atoms with van der Waals surface area (Å²) in [5.74, 6) is 0.857. The van der Waals surface area contributed by atoms with Crippen molar-refractivity contribution in [3.63, 3.8) is 0 Å². The fourth-order valence-corrected chi connectivity index (χ4v) is 3.39. The molecule has 1 heteroatoms. The molecule has 0 aliphatic heterocycles. The Morgan fingerprint density at radius 1 is 1.17 bits per heavy atom. The molecule has 0 saturated heterocycles. The van der Waals surface area contributed by atoms with Crippen LogP contribution in [-0.2, 0) is 0 Å². The molecule has 0 heterocycles. The molecule has 0 nitrogen and oxygen atoms in total. The van der Waals surface area contributed by atoms with Crippen LogP contribution in [0.2, 0.25) is 5.32 Å². The zero-order valence-electron chi connectivity index (χ0n) is 7.79. The molecule has 0 aromatic heterocycles. The maximum atomic E-state index is 2.29. The van der Waals surface area contributed by atoms with Gasteiger partial charge >= 0.3 is 81.3 Å². The van der Waals surface area contributed by atoms with Gasteiger partial charge in [0.15, 0.2) is 0 Å². The van der Waals surface area contributed by atoms with Gasteiger partial charge in [0.25, 0.3) is 0 Å². The van der Waals surface area contributed by atoms with E-state index >= 15 is 0 Å². The van der Waals surface area contributed by atoms with E-state index in [2.05, 4.69) is 44.2 Å². The van der Waals surface area contributed by atoms with Crippen molar-refractivity contribution in [3.05, 3.63) is 30.3 Å². The summed E-state index contributed by atoms with van der Waals surface area (Å²) >= 11 is 0.700. The monoisotopic (exact) mass is 228 g/mol. The molecule has 0 aliphatic rings. The summed E-state index contributed by atoms with van der Waals surface area (Å²) in [4.78, 5) is 0. The van der Waals surface area contributed by atoms with Crippen LogP contribution in [0, 0.1) is 5.92 Å². The SMILES string of the molecule is CC(C)CC[Se]c1ccccc1. The van der Waals surface area contributed by atoms with Crippen molar-refractivity contribution in [2.75, 3.05) is 0 Å². The first-order valence-corrected chi connectivity index (χ1v) is 6.53. The second-order valence-electron chi connectivity index (χ2n) is 3.34. The Morgan fingerprint density at radius 3 is 2.42 bits per heavy atom. The number of rotatable bonds is 4. The predicted molar refractivity (Wildman–Crippen MR) is 56.1 cm³/mol. The molecule has 0 aliphatic carbocycles. The molecule has 0 radical (unpaired) electrons. The Morgan fingerprint density at radius 2 is 1.83 bits per heavy atom. The molecule has 1 aromatic carbocycles. The Balaban J connectivity index is 2.25. The van der Waals surface area contributed by atoms with Crippen molar-refractivity contribution < 1.29 is 0 Å². The molecule has 66 valence electrons. The van der Waals surface area contributed by atoms with Gasteiger partial charge in [0, 0.05) is 0 Å². The van der Waals surface area contributed by atoms with E-state index in [0.717, 1.165) is 5.92 Å². The van der Waals surface area contributed by atoms with E-state index in [1.807, 2.05) is 0 Å². The van der Waals surface area contributed by atoms with Crippen molar-refractivity contribution in [1.29, 1.82) is 0 Å². The molecule has 0 bridgehead atoms. The Labute approximate surface area is 81.5 Å². The Hall–Kier alpha value is -0.261. The first-order valence-electron chi connectivity index (χ1n) is 4.47. The molecule has 1 rings (SSSR count). The quantitative estimate of drug-likeness (QED) is 0.693. The van der Waals surface area contributed by atoms with Gasteiger partial charge in [-0.15, -0.1) is 0 Å². The second kappa shape index (κ2) is 5.40. The standard InChI is InChI=1S/C11H16Se/c1-10(2)8-9-12-11-6-4-3-5-7-11/h3-7,10H,8-9H2,1-2H3. The zero-order valence-corrected chi connectivity index (χ0v) is 9.50. The van der Waals surface area contributed by atoms with Crippen molar-refractivity contribution in [3.8, 4) is 0 Å². The van der Waals surface area contributed by atoms with E-state index in [-0.39, 0.29) is 0 Å². The second-order valence-corrected chi connectivity index (χ2v) is 5.80. The van der Waals surface area contributed by atoms with Crippen LogP contribution in [0.4, 0.5) is 0 Å². The van der Waals surface area contributed by atoms with Crippen molar-refractivity contribution in [2.45, 2.75) is 25.6 Å². The van der Waals surface area contributed by atoms with Crippen LogP contribution < -0.4 is 4.46 Å². The molecular weight excluding hydrogens is 211 g/mol.